The second-order valence-corrected chi connectivity index (χ2v) is 5.81. The lowest BCUT2D eigenvalue weighted by atomic mass is 10.1. The number of aromatic nitrogens is 3. The van der Waals surface area contributed by atoms with Gasteiger partial charge < -0.3 is 14.8 Å². The Bertz CT molecular complexity index is 672. The van der Waals surface area contributed by atoms with Crippen LogP contribution < -0.4 is 14.8 Å². The van der Waals surface area contributed by atoms with Gasteiger partial charge in [-0.2, -0.15) is 5.10 Å². The van der Waals surface area contributed by atoms with Gasteiger partial charge in [-0.25, -0.2) is 4.98 Å². The number of fused-ring (bicyclic) bond motifs is 1. The zero-order valence-corrected chi connectivity index (χ0v) is 13.8. The first-order valence-electron chi connectivity index (χ1n) is 8.24. The van der Waals surface area contributed by atoms with Crippen molar-refractivity contribution in [2.45, 2.75) is 38.8 Å². The van der Waals surface area contributed by atoms with Gasteiger partial charge in [0.1, 0.15) is 12.7 Å². The van der Waals surface area contributed by atoms with E-state index >= 15 is 0 Å². The minimum Gasteiger partial charge on any atom is -0.490 e. The second kappa shape index (κ2) is 7.81. The molecule has 2 aromatic rings. The molecule has 1 aliphatic heterocycles. The van der Waals surface area contributed by atoms with Gasteiger partial charge in [-0.05, 0) is 31.0 Å². The molecule has 24 heavy (non-hydrogen) atoms. The van der Waals surface area contributed by atoms with Crippen LogP contribution >= 0.6 is 0 Å². The summed E-state index contributed by atoms with van der Waals surface area (Å²) in [5, 5.41) is 7.04. The SMILES string of the molecule is CC(NC(=O)CCCn1cncn1)c1ccc2c(c1)OCCCO2. The van der Waals surface area contributed by atoms with Crippen molar-refractivity contribution in [2.75, 3.05) is 13.2 Å². The van der Waals surface area contributed by atoms with Crippen molar-refractivity contribution in [3.05, 3.63) is 36.4 Å². The number of benzene rings is 1. The highest BCUT2D eigenvalue weighted by atomic mass is 16.5. The quantitative estimate of drug-likeness (QED) is 0.877. The molecule has 0 spiro atoms. The molecule has 3 rings (SSSR count). The van der Waals surface area contributed by atoms with Gasteiger partial charge in [-0.1, -0.05) is 6.07 Å². The molecule has 128 valence electrons. The van der Waals surface area contributed by atoms with Crippen LogP contribution in [-0.2, 0) is 11.3 Å². The molecule has 7 nitrogen and oxygen atoms in total. The van der Waals surface area contributed by atoms with Crippen molar-refractivity contribution in [1.29, 1.82) is 0 Å². The Labute approximate surface area is 141 Å². The van der Waals surface area contributed by atoms with E-state index in [1.54, 1.807) is 11.0 Å². The molecule has 1 unspecified atom stereocenters. The van der Waals surface area contributed by atoms with Crippen molar-refractivity contribution in [1.82, 2.24) is 20.1 Å². The van der Waals surface area contributed by atoms with Gasteiger partial charge in [-0.3, -0.25) is 9.48 Å². The molecule has 1 N–H and O–H groups in total. The van der Waals surface area contributed by atoms with Gasteiger partial charge in [-0.15, -0.1) is 0 Å². The van der Waals surface area contributed by atoms with Gasteiger partial charge in [0.2, 0.25) is 5.91 Å². The van der Waals surface area contributed by atoms with E-state index in [-0.39, 0.29) is 11.9 Å². The van der Waals surface area contributed by atoms with Crippen LogP contribution in [-0.4, -0.2) is 33.9 Å². The fourth-order valence-electron chi connectivity index (χ4n) is 2.60. The molecule has 1 aromatic heterocycles. The maximum Gasteiger partial charge on any atom is 0.220 e. The van der Waals surface area contributed by atoms with Crippen molar-refractivity contribution in [3.8, 4) is 11.5 Å². The van der Waals surface area contributed by atoms with Crippen molar-refractivity contribution >= 4 is 5.91 Å². The Kier molecular flexibility index (Phi) is 5.30. The van der Waals surface area contributed by atoms with Crippen LogP contribution in [0.15, 0.2) is 30.9 Å². The van der Waals surface area contributed by atoms with Crippen LogP contribution in [0.3, 0.4) is 0 Å². The van der Waals surface area contributed by atoms with Gasteiger partial charge in [0.15, 0.2) is 11.5 Å². The van der Waals surface area contributed by atoms with Crippen molar-refractivity contribution < 1.29 is 14.3 Å². The predicted molar refractivity (Wildman–Crippen MR) is 87.9 cm³/mol. The van der Waals surface area contributed by atoms with E-state index < -0.39 is 0 Å². The molecule has 0 saturated heterocycles. The van der Waals surface area contributed by atoms with Crippen LogP contribution in [0.4, 0.5) is 0 Å². The normalized spacial score (nSPS) is 14.7. The Morgan fingerprint density at radius 1 is 1.33 bits per heavy atom. The van der Waals surface area contributed by atoms with Gasteiger partial charge in [0.25, 0.3) is 0 Å². The van der Waals surface area contributed by atoms with Gasteiger partial charge in [0.05, 0.1) is 19.3 Å². The third kappa shape index (κ3) is 4.24. The van der Waals surface area contributed by atoms with E-state index in [9.17, 15) is 4.79 Å². The summed E-state index contributed by atoms with van der Waals surface area (Å²) >= 11 is 0. The summed E-state index contributed by atoms with van der Waals surface area (Å²) in [4.78, 5) is 16.0. The molecule has 1 atom stereocenters. The highest BCUT2D eigenvalue weighted by molar-refractivity contribution is 5.76. The number of carbonyl (C=O) groups excluding carboxylic acids is 1. The van der Waals surface area contributed by atoms with Crippen LogP contribution in [0.5, 0.6) is 11.5 Å². The smallest absolute Gasteiger partial charge is 0.220 e. The second-order valence-electron chi connectivity index (χ2n) is 5.81. The minimum absolute atomic E-state index is 0.0229. The fourth-order valence-corrected chi connectivity index (χ4v) is 2.60. The number of ether oxygens (including phenoxy) is 2. The third-order valence-corrected chi connectivity index (χ3v) is 3.91. The lowest BCUT2D eigenvalue weighted by molar-refractivity contribution is -0.121. The summed E-state index contributed by atoms with van der Waals surface area (Å²) in [7, 11) is 0. The van der Waals surface area contributed by atoms with Crippen LogP contribution in [0.1, 0.15) is 37.8 Å². The number of rotatable bonds is 6. The van der Waals surface area contributed by atoms with Crippen LogP contribution in [0, 0.1) is 0 Å². The predicted octanol–water partition coefficient (Wildman–Crippen LogP) is 2.10. The standard InChI is InChI=1S/C17H22N4O3/c1-13(20-17(22)4-2-7-21-12-18-11-19-21)14-5-6-15-16(10-14)24-9-3-8-23-15/h5-6,10-13H,2-4,7-9H2,1H3,(H,20,22). The van der Waals surface area contributed by atoms with E-state index in [1.807, 2.05) is 25.1 Å². The Morgan fingerprint density at radius 2 is 2.17 bits per heavy atom. The van der Waals surface area contributed by atoms with E-state index in [0.717, 1.165) is 29.9 Å². The van der Waals surface area contributed by atoms with Crippen LogP contribution in [0.25, 0.3) is 0 Å². The van der Waals surface area contributed by atoms with Crippen molar-refractivity contribution in [2.24, 2.45) is 0 Å². The summed E-state index contributed by atoms with van der Waals surface area (Å²) in [5.41, 5.74) is 1.00. The minimum atomic E-state index is -0.0824. The van der Waals surface area contributed by atoms with Crippen molar-refractivity contribution in [3.63, 3.8) is 0 Å². The van der Waals surface area contributed by atoms with E-state index in [2.05, 4.69) is 15.4 Å². The maximum atomic E-state index is 12.1. The molecule has 0 aliphatic carbocycles. The highest BCUT2D eigenvalue weighted by Gasteiger charge is 2.15. The van der Waals surface area contributed by atoms with Crippen LogP contribution in [0.2, 0.25) is 0 Å². The lowest BCUT2D eigenvalue weighted by Crippen LogP contribution is -2.26. The summed E-state index contributed by atoms with van der Waals surface area (Å²) < 4.78 is 13.0. The number of hydrogen-bond donors (Lipinski definition) is 1. The average Bonchev–Trinajstić information content (AvgIpc) is 2.98. The molecular formula is C17H22N4O3. The highest BCUT2D eigenvalue weighted by Crippen LogP contribution is 2.32. The summed E-state index contributed by atoms with van der Waals surface area (Å²) in [6.45, 7) is 3.98. The molecule has 0 radical (unpaired) electrons. The van der Waals surface area contributed by atoms with E-state index in [1.165, 1.54) is 6.33 Å². The first-order valence-corrected chi connectivity index (χ1v) is 8.24. The first kappa shape index (κ1) is 16.3. The largest absolute Gasteiger partial charge is 0.490 e. The van der Waals surface area contributed by atoms with Gasteiger partial charge in [0, 0.05) is 19.4 Å². The molecule has 1 amide bonds. The number of carbonyl (C=O) groups is 1. The molecular weight excluding hydrogens is 308 g/mol. The monoisotopic (exact) mass is 330 g/mol. The number of nitrogens with zero attached hydrogens (tertiary/aromatic N) is 3. The summed E-state index contributed by atoms with van der Waals surface area (Å²) in [6, 6.07) is 5.74. The zero-order valence-electron chi connectivity index (χ0n) is 13.8. The summed E-state index contributed by atoms with van der Waals surface area (Å²) in [5.74, 6) is 1.54. The van der Waals surface area contributed by atoms with Gasteiger partial charge >= 0.3 is 0 Å². The molecule has 1 aliphatic rings. The fraction of sp³-hybridized carbons (Fsp3) is 0.471. The third-order valence-electron chi connectivity index (χ3n) is 3.91. The van der Waals surface area contributed by atoms with E-state index in [4.69, 9.17) is 9.47 Å². The topological polar surface area (TPSA) is 78.3 Å². The maximum absolute atomic E-state index is 12.1. The Hall–Kier alpha value is -2.57. The average molecular weight is 330 g/mol. The molecule has 0 fully saturated rings. The summed E-state index contributed by atoms with van der Waals surface area (Å²) in [6.07, 6.45) is 5.20. The first-order chi connectivity index (χ1) is 11.7. The Balaban J connectivity index is 1.51. The number of amides is 1. The lowest BCUT2D eigenvalue weighted by Gasteiger charge is -2.16. The molecule has 7 heteroatoms. The molecule has 2 heterocycles. The molecule has 1 aromatic carbocycles. The molecule has 0 bridgehead atoms. The number of hydrogen-bond acceptors (Lipinski definition) is 5. The number of nitrogens with one attached hydrogen (secondary N) is 1. The molecule has 0 saturated carbocycles. The number of aryl methyl sites for hydroxylation is 1. The Morgan fingerprint density at radius 3 is 2.96 bits per heavy atom. The zero-order chi connectivity index (χ0) is 16.8. The van der Waals surface area contributed by atoms with E-state index in [0.29, 0.717) is 26.2 Å².